The number of hydrogen-bond donors (Lipinski definition) is 2. The van der Waals surface area contributed by atoms with Gasteiger partial charge in [-0.15, -0.1) is 0 Å². The highest BCUT2D eigenvalue weighted by molar-refractivity contribution is 7.92. The summed E-state index contributed by atoms with van der Waals surface area (Å²) in [4.78, 5) is 1.90. The predicted octanol–water partition coefficient (Wildman–Crippen LogP) is 0.704. The van der Waals surface area contributed by atoms with Crippen molar-refractivity contribution in [2.24, 2.45) is 11.7 Å². The van der Waals surface area contributed by atoms with E-state index >= 15 is 0 Å². The zero-order valence-electron chi connectivity index (χ0n) is 11.4. The van der Waals surface area contributed by atoms with E-state index in [1.54, 1.807) is 20.8 Å². The number of hydrogen-bond acceptors (Lipinski definition) is 4. The van der Waals surface area contributed by atoms with Crippen LogP contribution in [-0.2, 0) is 9.84 Å². The predicted molar refractivity (Wildman–Crippen MR) is 72.1 cm³/mol. The number of nitrogens with one attached hydrogen (secondary N) is 1. The van der Waals surface area contributed by atoms with Gasteiger partial charge in [0.15, 0.2) is 9.84 Å². The van der Waals surface area contributed by atoms with Gasteiger partial charge in [0, 0.05) is 19.0 Å². The molecule has 0 bridgehead atoms. The molecule has 1 unspecified atom stereocenters. The second kappa shape index (κ2) is 5.82. The second-order valence-electron chi connectivity index (χ2n) is 5.55. The minimum Gasteiger partial charge on any atom is -0.387 e. The summed E-state index contributed by atoms with van der Waals surface area (Å²) >= 11 is 0. The molecule has 17 heavy (non-hydrogen) atoms. The van der Waals surface area contributed by atoms with Crippen LogP contribution in [0.2, 0.25) is 0 Å². The molecule has 0 aliphatic heterocycles. The lowest BCUT2D eigenvalue weighted by atomic mass is 10.1. The summed E-state index contributed by atoms with van der Waals surface area (Å²) in [6.45, 7) is 8.06. The van der Waals surface area contributed by atoms with Crippen LogP contribution < -0.4 is 5.73 Å². The third-order valence-electron chi connectivity index (χ3n) is 2.79. The van der Waals surface area contributed by atoms with Crippen LogP contribution in [0, 0.1) is 11.3 Å². The molecule has 3 N–H and O–H groups in total. The molecule has 0 spiro atoms. The first-order valence-corrected chi connectivity index (χ1v) is 7.37. The van der Waals surface area contributed by atoms with Gasteiger partial charge in [-0.3, -0.25) is 5.41 Å². The Labute approximate surface area is 105 Å². The van der Waals surface area contributed by atoms with E-state index in [0.717, 1.165) is 0 Å². The van der Waals surface area contributed by atoms with E-state index in [9.17, 15) is 8.42 Å². The largest absolute Gasteiger partial charge is 0.387 e. The van der Waals surface area contributed by atoms with E-state index in [2.05, 4.69) is 0 Å². The Morgan fingerprint density at radius 2 is 1.88 bits per heavy atom. The van der Waals surface area contributed by atoms with E-state index in [4.69, 9.17) is 11.1 Å². The van der Waals surface area contributed by atoms with Crippen LogP contribution in [0.25, 0.3) is 0 Å². The van der Waals surface area contributed by atoms with Crippen LogP contribution in [0.3, 0.4) is 0 Å². The average molecular weight is 263 g/mol. The quantitative estimate of drug-likeness (QED) is 0.545. The smallest absolute Gasteiger partial charge is 0.156 e. The fraction of sp³-hybridized carbons (Fsp3) is 0.909. The van der Waals surface area contributed by atoms with Crippen molar-refractivity contribution in [3.05, 3.63) is 0 Å². The van der Waals surface area contributed by atoms with Gasteiger partial charge in [-0.1, -0.05) is 6.92 Å². The van der Waals surface area contributed by atoms with Gasteiger partial charge in [0.25, 0.3) is 0 Å². The van der Waals surface area contributed by atoms with E-state index in [1.165, 1.54) is 0 Å². The molecule has 6 heteroatoms. The van der Waals surface area contributed by atoms with Gasteiger partial charge in [0.05, 0.1) is 16.3 Å². The van der Waals surface area contributed by atoms with Crippen LogP contribution >= 0.6 is 0 Å². The monoisotopic (exact) mass is 263 g/mol. The standard InChI is InChI=1S/C11H25N3O2S/c1-9(10(12)13)8-14(5)6-7-17(15,16)11(2,3)4/h9H,6-8H2,1-5H3,(H3,12,13). The molecule has 1 atom stereocenters. The molecule has 0 heterocycles. The maximum atomic E-state index is 11.9. The van der Waals surface area contributed by atoms with Crippen molar-refractivity contribution in [2.45, 2.75) is 32.4 Å². The first kappa shape index (κ1) is 16.4. The molecule has 0 amide bonds. The summed E-state index contributed by atoms with van der Waals surface area (Å²) in [6.07, 6.45) is 0. The van der Waals surface area contributed by atoms with Crippen molar-refractivity contribution in [1.82, 2.24) is 4.90 Å². The molecule has 0 fully saturated rings. The van der Waals surface area contributed by atoms with E-state index in [1.807, 2.05) is 18.9 Å². The Hall–Kier alpha value is -0.620. The maximum absolute atomic E-state index is 11.9. The fourth-order valence-corrected chi connectivity index (χ4v) is 2.40. The normalized spacial score (nSPS) is 14.9. The summed E-state index contributed by atoms with van der Waals surface area (Å²) in [5, 5.41) is 7.28. The van der Waals surface area contributed by atoms with Crippen molar-refractivity contribution in [3.63, 3.8) is 0 Å². The number of amidine groups is 1. The molecule has 0 aliphatic carbocycles. The molecule has 0 aromatic carbocycles. The summed E-state index contributed by atoms with van der Waals surface area (Å²) < 4.78 is 23.1. The molecular formula is C11H25N3O2S. The van der Waals surface area contributed by atoms with Crippen LogP contribution in [0.5, 0.6) is 0 Å². The zero-order valence-corrected chi connectivity index (χ0v) is 12.3. The van der Waals surface area contributed by atoms with Gasteiger partial charge in [0.2, 0.25) is 0 Å². The third-order valence-corrected chi connectivity index (χ3v) is 5.38. The maximum Gasteiger partial charge on any atom is 0.156 e. The first-order chi connectivity index (χ1) is 7.47. The number of nitrogens with two attached hydrogens (primary N) is 1. The van der Waals surface area contributed by atoms with Crippen molar-refractivity contribution in [3.8, 4) is 0 Å². The summed E-state index contributed by atoms with van der Waals surface area (Å²) in [7, 11) is -1.23. The van der Waals surface area contributed by atoms with Gasteiger partial charge in [-0.2, -0.15) is 0 Å². The molecule has 0 aromatic rings. The van der Waals surface area contributed by atoms with Crippen LogP contribution in [0.15, 0.2) is 0 Å². The van der Waals surface area contributed by atoms with Gasteiger partial charge < -0.3 is 10.6 Å². The Kier molecular flexibility index (Phi) is 5.61. The van der Waals surface area contributed by atoms with Crippen LogP contribution in [0.1, 0.15) is 27.7 Å². The molecule has 0 saturated carbocycles. The number of nitrogens with zero attached hydrogens (tertiary/aromatic N) is 1. The molecular weight excluding hydrogens is 238 g/mol. The Bertz CT molecular complexity index is 357. The number of sulfone groups is 1. The topological polar surface area (TPSA) is 87.2 Å². The van der Waals surface area contributed by atoms with E-state index in [-0.39, 0.29) is 17.5 Å². The minimum absolute atomic E-state index is 0.0441. The molecule has 0 aromatic heterocycles. The van der Waals surface area contributed by atoms with Crippen LogP contribution in [0.4, 0.5) is 0 Å². The lowest BCUT2D eigenvalue weighted by Crippen LogP contribution is -2.38. The van der Waals surface area contributed by atoms with Crippen molar-refractivity contribution >= 4 is 15.7 Å². The van der Waals surface area contributed by atoms with Crippen molar-refractivity contribution in [2.75, 3.05) is 25.9 Å². The van der Waals surface area contributed by atoms with Gasteiger partial charge in [-0.25, -0.2) is 8.42 Å². The minimum atomic E-state index is -3.08. The molecule has 0 aliphatic rings. The Balaban J connectivity index is 4.27. The molecule has 0 saturated heterocycles. The SMILES string of the molecule is CC(CN(C)CCS(=O)(=O)C(C)(C)C)C(=N)N. The van der Waals surface area contributed by atoms with Crippen molar-refractivity contribution < 1.29 is 8.42 Å². The van der Waals surface area contributed by atoms with Gasteiger partial charge >= 0.3 is 0 Å². The molecule has 0 rings (SSSR count). The summed E-state index contributed by atoms with van der Waals surface area (Å²) in [6, 6.07) is 0. The molecule has 5 nitrogen and oxygen atoms in total. The highest BCUT2D eigenvalue weighted by atomic mass is 32.2. The highest BCUT2D eigenvalue weighted by Gasteiger charge is 2.28. The lowest BCUT2D eigenvalue weighted by Gasteiger charge is -2.24. The van der Waals surface area contributed by atoms with Gasteiger partial charge in [-0.05, 0) is 27.8 Å². The second-order valence-corrected chi connectivity index (χ2v) is 8.41. The lowest BCUT2D eigenvalue weighted by molar-refractivity contribution is 0.330. The number of rotatable bonds is 6. The Morgan fingerprint density at radius 3 is 2.24 bits per heavy atom. The summed E-state index contributed by atoms with van der Waals surface area (Å²) in [5.41, 5.74) is 5.37. The highest BCUT2D eigenvalue weighted by Crippen LogP contribution is 2.15. The molecule has 102 valence electrons. The Morgan fingerprint density at radius 1 is 1.41 bits per heavy atom. The van der Waals surface area contributed by atoms with Crippen LogP contribution in [-0.4, -0.2) is 49.8 Å². The van der Waals surface area contributed by atoms with Gasteiger partial charge in [0.1, 0.15) is 0 Å². The van der Waals surface area contributed by atoms with E-state index < -0.39 is 14.6 Å². The molecule has 0 radical (unpaired) electrons. The zero-order chi connectivity index (χ0) is 13.9. The average Bonchev–Trinajstić information content (AvgIpc) is 2.12. The first-order valence-electron chi connectivity index (χ1n) is 5.72. The third kappa shape index (κ3) is 5.50. The van der Waals surface area contributed by atoms with E-state index in [0.29, 0.717) is 13.1 Å². The summed E-state index contributed by atoms with van der Waals surface area (Å²) in [5.74, 6) is 0.227. The van der Waals surface area contributed by atoms with Crippen molar-refractivity contribution in [1.29, 1.82) is 5.41 Å². The fourth-order valence-electron chi connectivity index (χ4n) is 1.24.